The molecule has 24 heavy (non-hydrogen) atoms. The molecule has 122 valence electrons. The summed E-state index contributed by atoms with van der Waals surface area (Å²) in [5.74, 6) is -1.65. The molecule has 2 atom stereocenters. The van der Waals surface area contributed by atoms with Crippen LogP contribution in [0.3, 0.4) is 0 Å². The minimum absolute atomic E-state index is 0.296. The summed E-state index contributed by atoms with van der Waals surface area (Å²) < 4.78 is 4.85. The van der Waals surface area contributed by atoms with Crippen LogP contribution >= 0.6 is 15.9 Å². The summed E-state index contributed by atoms with van der Waals surface area (Å²) in [6.07, 6.45) is 0. The lowest BCUT2D eigenvalue weighted by molar-refractivity contribution is -0.145. The van der Waals surface area contributed by atoms with Gasteiger partial charge >= 0.3 is 5.97 Å². The minimum atomic E-state index is -1.09. The fourth-order valence-electron chi connectivity index (χ4n) is 2.76. The quantitative estimate of drug-likeness (QED) is 0.459. The molecule has 6 heteroatoms. The van der Waals surface area contributed by atoms with Crippen LogP contribution in [0.1, 0.15) is 31.1 Å². The SMILES string of the molecule is COC(=O)[C@H]([C@H](Br)c1ccccc1)N1C(=O)c2ccccc2C1=O. The number of methoxy groups -OCH3 is 1. The normalized spacial score (nSPS) is 15.8. The molecular formula is C18H14BrNO4. The van der Waals surface area contributed by atoms with Gasteiger partial charge in [0, 0.05) is 0 Å². The van der Waals surface area contributed by atoms with Gasteiger partial charge in [0.1, 0.15) is 0 Å². The lowest BCUT2D eigenvalue weighted by atomic mass is 10.0. The van der Waals surface area contributed by atoms with Crippen molar-refractivity contribution in [3.05, 3.63) is 71.3 Å². The zero-order valence-corrected chi connectivity index (χ0v) is 14.4. The van der Waals surface area contributed by atoms with Crippen molar-refractivity contribution in [2.75, 3.05) is 7.11 Å². The standard InChI is InChI=1S/C18H14BrNO4/c1-24-18(23)15(14(19)11-7-3-2-4-8-11)20-16(21)12-9-5-6-10-13(12)17(20)22/h2-10,14-15H,1H3/t14-,15+/m1/s1. The third-order valence-corrected chi connectivity index (χ3v) is 4.97. The van der Waals surface area contributed by atoms with Crippen molar-refractivity contribution in [1.29, 1.82) is 0 Å². The summed E-state index contributed by atoms with van der Waals surface area (Å²) in [6.45, 7) is 0. The smallest absolute Gasteiger partial charge is 0.330 e. The van der Waals surface area contributed by atoms with E-state index >= 15 is 0 Å². The molecule has 1 aliphatic rings. The number of halogens is 1. The van der Waals surface area contributed by atoms with Gasteiger partial charge in [-0.25, -0.2) is 4.79 Å². The average molecular weight is 388 g/mol. The monoisotopic (exact) mass is 387 g/mol. The summed E-state index contributed by atoms with van der Waals surface area (Å²) in [5, 5.41) is 0. The number of amides is 2. The number of fused-ring (bicyclic) bond motifs is 1. The van der Waals surface area contributed by atoms with Gasteiger partial charge in [-0.2, -0.15) is 0 Å². The van der Waals surface area contributed by atoms with Gasteiger partial charge < -0.3 is 4.74 Å². The highest BCUT2D eigenvalue weighted by Gasteiger charge is 2.46. The molecule has 1 heterocycles. The van der Waals surface area contributed by atoms with E-state index < -0.39 is 28.7 Å². The fourth-order valence-corrected chi connectivity index (χ4v) is 3.51. The maximum Gasteiger partial charge on any atom is 0.330 e. The topological polar surface area (TPSA) is 63.7 Å². The fraction of sp³-hybridized carbons (Fsp3) is 0.167. The Kier molecular flexibility index (Phi) is 4.49. The first-order valence-corrected chi connectivity index (χ1v) is 8.21. The summed E-state index contributed by atoms with van der Waals surface area (Å²) in [4.78, 5) is 38.1. The second-order valence-electron chi connectivity index (χ2n) is 5.31. The lowest BCUT2D eigenvalue weighted by Gasteiger charge is -2.28. The predicted molar refractivity (Wildman–Crippen MR) is 90.9 cm³/mol. The number of hydrogen-bond acceptors (Lipinski definition) is 4. The first-order valence-electron chi connectivity index (χ1n) is 7.30. The molecule has 0 aromatic heterocycles. The van der Waals surface area contributed by atoms with Gasteiger partial charge in [0.2, 0.25) is 0 Å². The average Bonchev–Trinajstić information content (AvgIpc) is 2.88. The van der Waals surface area contributed by atoms with Gasteiger partial charge in [-0.3, -0.25) is 14.5 Å². The third kappa shape index (κ3) is 2.63. The largest absolute Gasteiger partial charge is 0.467 e. The van der Waals surface area contributed by atoms with Crippen molar-refractivity contribution < 1.29 is 19.1 Å². The molecule has 0 spiro atoms. The Labute approximate surface area is 147 Å². The van der Waals surface area contributed by atoms with Gasteiger partial charge in [0.25, 0.3) is 11.8 Å². The number of imide groups is 1. The molecule has 3 rings (SSSR count). The Balaban J connectivity index is 2.04. The molecular weight excluding hydrogens is 374 g/mol. The van der Waals surface area contributed by atoms with E-state index in [4.69, 9.17) is 4.74 Å². The van der Waals surface area contributed by atoms with Crippen molar-refractivity contribution >= 4 is 33.7 Å². The highest BCUT2D eigenvalue weighted by Crippen LogP contribution is 2.35. The highest BCUT2D eigenvalue weighted by atomic mass is 79.9. The molecule has 0 saturated carbocycles. The van der Waals surface area contributed by atoms with Crippen LogP contribution < -0.4 is 0 Å². The molecule has 2 amide bonds. The zero-order valence-electron chi connectivity index (χ0n) is 12.8. The number of esters is 1. The van der Waals surface area contributed by atoms with Gasteiger partial charge in [-0.1, -0.05) is 58.4 Å². The Morgan fingerprint density at radius 2 is 1.46 bits per heavy atom. The van der Waals surface area contributed by atoms with Crippen LogP contribution in [-0.2, 0) is 9.53 Å². The summed E-state index contributed by atoms with van der Waals surface area (Å²) in [7, 11) is 1.23. The maximum atomic E-state index is 12.7. The molecule has 5 nitrogen and oxygen atoms in total. The number of ether oxygens (including phenoxy) is 1. The van der Waals surface area contributed by atoms with E-state index in [9.17, 15) is 14.4 Å². The van der Waals surface area contributed by atoms with E-state index in [0.29, 0.717) is 11.1 Å². The Morgan fingerprint density at radius 3 is 1.96 bits per heavy atom. The van der Waals surface area contributed by atoms with Crippen molar-refractivity contribution in [1.82, 2.24) is 4.90 Å². The lowest BCUT2D eigenvalue weighted by Crippen LogP contribution is -2.47. The van der Waals surface area contributed by atoms with Crippen LogP contribution in [0.5, 0.6) is 0 Å². The second-order valence-corrected chi connectivity index (χ2v) is 6.29. The zero-order chi connectivity index (χ0) is 17.3. The number of carbonyl (C=O) groups is 3. The van der Waals surface area contributed by atoms with Crippen LogP contribution in [0.2, 0.25) is 0 Å². The highest BCUT2D eigenvalue weighted by molar-refractivity contribution is 9.09. The minimum Gasteiger partial charge on any atom is -0.467 e. The summed E-state index contributed by atoms with van der Waals surface area (Å²) in [6, 6.07) is 14.5. The van der Waals surface area contributed by atoms with Crippen molar-refractivity contribution in [3.8, 4) is 0 Å². The molecule has 2 aromatic carbocycles. The van der Waals surface area contributed by atoms with Crippen molar-refractivity contribution in [2.24, 2.45) is 0 Å². The summed E-state index contributed by atoms with van der Waals surface area (Å²) >= 11 is 3.46. The maximum absolute atomic E-state index is 12.7. The predicted octanol–water partition coefficient (Wildman–Crippen LogP) is 2.96. The van der Waals surface area contributed by atoms with Crippen LogP contribution in [0, 0.1) is 0 Å². The molecule has 0 fully saturated rings. The first kappa shape index (κ1) is 16.4. The van der Waals surface area contributed by atoms with E-state index in [1.807, 2.05) is 30.3 Å². The molecule has 0 unspecified atom stereocenters. The first-order chi connectivity index (χ1) is 11.6. The Bertz CT molecular complexity index is 771. The van der Waals surface area contributed by atoms with Gasteiger partial charge in [0.15, 0.2) is 6.04 Å². The number of rotatable bonds is 4. The van der Waals surface area contributed by atoms with E-state index in [0.717, 1.165) is 10.5 Å². The van der Waals surface area contributed by atoms with E-state index in [2.05, 4.69) is 15.9 Å². The van der Waals surface area contributed by atoms with Crippen LogP contribution in [0.25, 0.3) is 0 Å². The molecule has 0 bridgehead atoms. The number of benzene rings is 2. The Morgan fingerprint density at radius 1 is 0.958 bits per heavy atom. The number of hydrogen-bond donors (Lipinski definition) is 0. The Hall–Kier alpha value is -2.47. The van der Waals surface area contributed by atoms with Crippen LogP contribution in [0.4, 0.5) is 0 Å². The van der Waals surface area contributed by atoms with Crippen molar-refractivity contribution in [3.63, 3.8) is 0 Å². The van der Waals surface area contributed by atoms with E-state index in [1.54, 1.807) is 24.3 Å². The summed E-state index contributed by atoms with van der Waals surface area (Å²) in [5.41, 5.74) is 1.36. The van der Waals surface area contributed by atoms with Gasteiger partial charge in [0.05, 0.1) is 23.1 Å². The molecule has 0 radical (unpaired) electrons. The van der Waals surface area contributed by atoms with E-state index in [1.165, 1.54) is 7.11 Å². The third-order valence-electron chi connectivity index (χ3n) is 3.94. The number of carbonyl (C=O) groups excluding carboxylic acids is 3. The van der Waals surface area contributed by atoms with E-state index in [-0.39, 0.29) is 0 Å². The number of nitrogens with zero attached hydrogens (tertiary/aromatic N) is 1. The van der Waals surface area contributed by atoms with Crippen LogP contribution in [-0.4, -0.2) is 35.8 Å². The molecule has 2 aromatic rings. The number of alkyl halides is 1. The van der Waals surface area contributed by atoms with Crippen LogP contribution in [0.15, 0.2) is 54.6 Å². The van der Waals surface area contributed by atoms with Gasteiger partial charge in [-0.05, 0) is 17.7 Å². The molecule has 1 aliphatic heterocycles. The second kappa shape index (κ2) is 6.57. The van der Waals surface area contributed by atoms with Gasteiger partial charge in [-0.15, -0.1) is 0 Å². The molecule has 0 N–H and O–H groups in total. The molecule has 0 aliphatic carbocycles. The van der Waals surface area contributed by atoms with Crippen molar-refractivity contribution in [2.45, 2.75) is 10.9 Å². The molecule has 0 saturated heterocycles.